The summed E-state index contributed by atoms with van der Waals surface area (Å²) in [6.07, 6.45) is -3.50. The van der Waals surface area contributed by atoms with Gasteiger partial charge in [-0.1, -0.05) is 38.1 Å². The van der Waals surface area contributed by atoms with Crippen molar-refractivity contribution in [2.45, 2.75) is 32.2 Å². The largest absolute Gasteiger partial charge is 0.573 e. The molecule has 1 aliphatic rings. The number of benzene rings is 2. The average Bonchev–Trinajstić information content (AvgIpc) is 2.89. The van der Waals surface area contributed by atoms with Gasteiger partial charge in [-0.3, -0.25) is 9.69 Å². The maximum atomic E-state index is 12.5. The normalized spacial score (nSPS) is 17.4. The molecule has 0 aromatic heterocycles. The van der Waals surface area contributed by atoms with Crippen LogP contribution in [0.15, 0.2) is 60.4 Å². The van der Waals surface area contributed by atoms with Crippen molar-refractivity contribution >= 4 is 11.6 Å². The SMILES string of the molecule is CC(C)c1ccc(N2C(=O)C(O)=CC2c2cccc(OC(F)(F)F)c2)cc1. The Hall–Kier alpha value is -2.96. The van der Waals surface area contributed by atoms with Gasteiger partial charge in [-0.15, -0.1) is 13.2 Å². The Morgan fingerprint density at radius 1 is 1.11 bits per heavy atom. The smallest absolute Gasteiger partial charge is 0.503 e. The molecule has 3 rings (SSSR count). The highest BCUT2D eigenvalue weighted by molar-refractivity contribution is 6.07. The molecule has 1 unspecified atom stereocenters. The Labute approximate surface area is 154 Å². The van der Waals surface area contributed by atoms with E-state index in [1.54, 1.807) is 18.2 Å². The average molecular weight is 377 g/mol. The fourth-order valence-electron chi connectivity index (χ4n) is 2.98. The summed E-state index contributed by atoms with van der Waals surface area (Å²) in [5.74, 6) is -1.14. The monoisotopic (exact) mass is 377 g/mol. The minimum Gasteiger partial charge on any atom is -0.503 e. The lowest BCUT2D eigenvalue weighted by atomic mass is 10.0. The van der Waals surface area contributed by atoms with Crippen LogP contribution < -0.4 is 9.64 Å². The van der Waals surface area contributed by atoms with Crippen molar-refractivity contribution in [3.63, 3.8) is 0 Å². The zero-order chi connectivity index (χ0) is 19.8. The zero-order valence-corrected chi connectivity index (χ0v) is 14.7. The summed E-state index contributed by atoms with van der Waals surface area (Å²) in [6.45, 7) is 4.08. The molecule has 0 bridgehead atoms. The van der Waals surface area contributed by atoms with E-state index < -0.39 is 24.1 Å². The number of nitrogens with zero attached hydrogens (tertiary/aromatic N) is 1. The Balaban J connectivity index is 1.95. The van der Waals surface area contributed by atoms with Gasteiger partial charge in [-0.05, 0) is 47.4 Å². The van der Waals surface area contributed by atoms with E-state index in [4.69, 9.17) is 0 Å². The third-order valence-electron chi connectivity index (χ3n) is 4.30. The summed E-state index contributed by atoms with van der Waals surface area (Å²) in [5.41, 5.74) is 2.01. The summed E-state index contributed by atoms with van der Waals surface area (Å²) in [7, 11) is 0. The van der Waals surface area contributed by atoms with Gasteiger partial charge in [0.25, 0.3) is 5.91 Å². The van der Waals surface area contributed by atoms with Crippen LogP contribution in [0.1, 0.15) is 36.9 Å². The predicted molar refractivity (Wildman–Crippen MR) is 94.6 cm³/mol. The van der Waals surface area contributed by atoms with Crippen LogP contribution in [0.2, 0.25) is 0 Å². The van der Waals surface area contributed by atoms with Crippen LogP contribution >= 0.6 is 0 Å². The molecule has 1 N–H and O–H groups in total. The number of rotatable bonds is 4. The summed E-state index contributed by atoms with van der Waals surface area (Å²) >= 11 is 0. The predicted octanol–water partition coefficient (Wildman–Crippen LogP) is 5.24. The lowest BCUT2D eigenvalue weighted by molar-refractivity contribution is -0.274. The fourth-order valence-corrected chi connectivity index (χ4v) is 2.98. The first-order chi connectivity index (χ1) is 12.7. The lowest BCUT2D eigenvalue weighted by Crippen LogP contribution is -2.29. The van der Waals surface area contributed by atoms with Crippen molar-refractivity contribution in [3.8, 4) is 5.75 Å². The number of halogens is 3. The van der Waals surface area contributed by atoms with Crippen LogP contribution in [0.5, 0.6) is 5.75 Å². The third kappa shape index (κ3) is 4.07. The van der Waals surface area contributed by atoms with Crippen molar-refractivity contribution in [3.05, 3.63) is 71.5 Å². The molecule has 0 saturated carbocycles. The molecule has 1 aliphatic heterocycles. The Kier molecular flexibility index (Phi) is 4.87. The van der Waals surface area contributed by atoms with Crippen molar-refractivity contribution in [2.24, 2.45) is 0 Å². The van der Waals surface area contributed by atoms with Gasteiger partial charge in [0.15, 0.2) is 5.76 Å². The fraction of sp³-hybridized carbons (Fsp3) is 0.250. The molecule has 0 saturated heterocycles. The molecule has 27 heavy (non-hydrogen) atoms. The molecule has 0 aliphatic carbocycles. The van der Waals surface area contributed by atoms with E-state index in [0.717, 1.165) is 5.56 Å². The molecule has 7 heteroatoms. The molecule has 4 nitrogen and oxygen atoms in total. The van der Waals surface area contributed by atoms with Gasteiger partial charge in [0, 0.05) is 5.69 Å². The van der Waals surface area contributed by atoms with Crippen LogP contribution in [0.3, 0.4) is 0 Å². The summed E-state index contributed by atoms with van der Waals surface area (Å²) in [6, 6.07) is 11.9. The number of hydrogen-bond acceptors (Lipinski definition) is 3. The summed E-state index contributed by atoms with van der Waals surface area (Å²) in [5, 5.41) is 9.92. The number of amides is 1. The summed E-state index contributed by atoms with van der Waals surface area (Å²) in [4.78, 5) is 13.8. The number of carbonyl (C=O) groups is 1. The van der Waals surface area contributed by atoms with Crippen LogP contribution in [0.4, 0.5) is 18.9 Å². The van der Waals surface area contributed by atoms with Crippen LogP contribution in [-0.2, 0) is 4.79 Å². The van der Waals surface area contributed by atoms with Gasteiger partial charge in [0.1, 0.15) is 5.75 Å². The second-order valence-electron chi connectivity index (χ2n) is 6.54. The molecule has 2 aromatic carbocycles. The van der Waals surface area contributed by atoms with Gasteiger partial charge in [0.2, 0.25) is 0 Å². The van der Waals surface area contributed by atoms with E-state index in [-0.39, 0.29) is 5.75 Å². The maximum Gasteiger partial charge on any atom is 0.573 e. The number of ether oxygens (including phenoxy) is 1. The highest BCUT2D eigenvalue weighted by atomic mass is 19.4. The zero-order valence-electron chi connectivity index (χ0n) is 14.7. The van der Waals surface area contributed by atoms with Gasteiger partial charge in [0.05, 0.1) is 6.04 Å². The van der Waals surface area contributed by atoms with E-state index in [2.05, 4.69) is 4.74 Å². The van der Waals surface area contributed by atoms with Crippen molar-refractivity contribution in [1.82, 2.24) is 0 Å². The van der Waals surface area contributed by atoms with Gasteiger partial charge < -0.3 is 9.84 Å². The van der Waals surface area contributed by atoms with E-state index >= 15 is 0 Å². The summed E-state index contributed by atoms with van der Waals surface area (Å²) < 4.78 is 41.4. The first-order valence-corrected chi connectivity index (χ1v) is 8.36. The first-order valence-electron chi connectivity index (χ1n) is 8.36. The van der Waals surface area contributed by atoms with Crippen LogP contribution in [0, 0.1) is 0 Å². The number of aliphatic hydroxyl groups excluding tert-OH is 1. The molecule has 0 fully saturated rings. The van der Waals surface area contributed by atoms with Crippen LogP contribution in [0.25, 0.3) is 0 Å². The molecule has 1 amide bonds. The standard InChI is InChI=1S/C20H18F3NO3/c1-12(2)13-6-8-15(9-7-13)24-17(11-18(25)19(24)26)14-4-3-5-16(10-14)27-20(21,22)23/h3-12,17,25H,1-2H3. The van der Waals surface area contributed by atoms with Crippen molar-refractivity contribution < 1.29 is 27.8 Å². The van der Waals surface area contributed by atoms with Crippen LogP contribution in [-0.4, -0.2) is 17.4 Å². The first kappa shape index (κ1) is 18.8. The highest BCUT2D eigenvalue weighted by Gasteiger charge is 2.36. The van der Waals surface area contributed by atoms with Crippen molar-refractivity contribution in [2.75, 3.05) is 4.90 Å². The maximum absolute atomic E-state index is 12.5. The molecule has 1 heterocycles. The lowest BCUT2D eigenvalue weighted by Gasteiger charge is -2.25. The van der Waals surface area contributed by atoms with Gasteiger partial charge in [-0.25, -0.2) is 0 Å². The second-order valence-corrected chi connectivity index (χ2v) is 6.54. The number of carbonyl (C=O) groups excluding carboxylic acids is 1. The number of alkyl halides is 3. The molecule has 0 spiro atoms. The quantitative estimate of drug-likeness (QED) is 0.793. The number of hydrogen-bond donors (Lipinski definition) is 1. The molecular weight excluding hydrogens is 359 g/mol. The van der Waals surface area contributed by atoms with E-state index in [1.807, 2.05) is 26.0 Å². The Bertz CT molecular complexity index is 873. The second kappa shape index (κ2) is 6.98. The highest BCUT2D eigenvalue weighted by Crippen LogP contribution is 2.37. The topological polar surface area (TPSA) is 49.8 Å². The minimum atomic E-state index is -4.81. The Morgan fingerprint density at radius 3 is 2.37 bits per heavy atom. The third-order valence-corrected chi connectivity index (χ3v) is 4.30. The number of aliphatic hydroxyl groups is 1. The van der Waals surface area contributed by atoms with E-state index in [0.29, 0.717) is 17.2 Å². The molecule has 0 radical (unpaired) electrons. The van der Waals surface area contributed by atoms with E-state index in [1.165, 1.54) is 29.2 Å². The van der Waals surface area contributed by atoms with Gasteiger partial charge >= 0.3 is 6.36 Å². The van der Waals surface area contributed by atoms with Gasteiger partial charge in [-0.2, -0.15) is 0 Å². The Morgan fingerprint density at radius 2 is 1.78 bits per heavy atom. The minimum absolute atomic E-state index is 0.312. The molecule has 142 valence electrons. The molecule has 1 atom stereocenters. The van der Waals surface area contributed by atoms with E-state index in [9.17, 15) is 23.1 Å². The molecular formula is C20H18F3NO3. The van der Waals surface area contributed by atoms with Crippen molar-refractivity contribution in [1.29, 1.82) is 0 Å². The molecule has 2 aromatic rings. The number of anilines is 1.